The maximum absolute atomic E-state index is 11.7. The summed E-state index contributed by atoms with van der Waals surface area (Å²) in [6.07, 6.45) is 8.14. The molecule has 2 aliphatic rings. The van der Waals surface area contributed by atoms with Gasteiger partial charge in [-0.2, -0.15) is 0 Å². The normalized spacial score (nSPS) is 20.1. The lowest BCUT2D eigenvalue weighted by molar-refractivity contribution is -0.132. The second kappa shape index (κ2) is 6.19. The van der Waals surface area contributed by atoms with Gasteiger partial charge in [-0.3, -0.25) is 9.78 Å². The molecule has 1 aliphatic heterocycles. The summed E-state index contributed by atoms with van der Waals surface area (Å²) < 4.78 is 0. The van der Waals surface area contributed by atoms with Crippen LogP contribution in [0.3, 0.4) is 0 Å². The van der Waals surface area contributed by atoms with E-state index in [4.69, 9.17) is 9.97 Å². The first-order valence-corrected chi connectivity index (χ1v) is 8.51. The minimum absolute atomic E-state index is 0.221. The summed E-state index contributed by atoms with van der Waals surface area (Å²) in [5, 5.41) is 3.58. The minimum Gasteiger partial charge on any atom is -0.365 e. The van der Waals surface area contributed by atoms with Crippen LogP contribution in [0.25, 0.3) is 11.4 Å². The molecule has 0 radical (unpaired) electrons. The third kappa shape index (κ3) is 2.84. The Kier molecular flexibility index (Phi) is 3.88. The van der Waals surface area contributed by atoms with E-state index in [0.717, 1.165) is 55.1 Å². The van der Waals surface area contributed by atoms with E-state index in [9.17, 15) is 4.79 Å². The SMILES string of the molecule is CN1CC(Nc2nc(-c3ccncc3)nc3c2CCC3)CCC1=O. The van der Waals surface area contributed by atoms with Gasteiger partial charge in [0.25, 0.3) is 0 Å². The predicted octanol–water partition coefficient (Wildman–Crippen LogP) is 2.06. The first-order valence-electron chi connectivity index (χ1n) is 8.51. The van der Waals surface area contributed by atoms with E-state index in [-0.39, 0.29) is 11.9 Å². The maximum Gasteiger partial charge on any atom is 0.222 e. The number of fused-ring (bicyclic) bond motifs is 1. The van der Waals surface area contributed by atoms with E-state index in [1.807, 2.05) is 19.2 Å². The van der Waals surface area contributed by atoms with Crippen molar-refractivity contribution < 1.29 is 4.79 Å². The van der Waals surface area contributed by atoms with Gasteiger partial charge in [0.2, 0.25) is 5.91 Å². The number of piperidine rings is 1. The fourth-order valence-electron chi connectivity index (χ4n) is 3.51. The van der Waals surface area contributed by atoms with Crippen LogP contribution in [0, 0.1) is 0 Å². The molecule has 0 bridgehead atoms. The molecule has 1 fully saturated rings. The Morgan fingerprint density at radius 1 is 1.17 bits per heavy atom. The molecule has 1 aliphatic carbocycles. The molecule has 2 aromatic rings. The highest BCUT2D eigenvalue weighted by Crippen LogP contribution is 2.30. The van der Waals surface area contributed by atoms with Crippen LogP contribution in [-0.2, 0) is 17.6 Å². The molecular formula is C18H21N5O. The summed E-state index contributed by atoms with van der Waals surface area (Å²) >= 11 is 0. The molecular weight excluding hydrogens is 302 g/mol. The third-order valence-corrected chi connectivity index (χ3v) is 4.84. The van der Waals surface area contributed by atoms with Crippen molar-refractivity contribution >= 4 is 11.7 Å². The van der Waals surface area contributed by atoms with E-state index in [1.165, 1.54) is 5.56 Å². The molecule has 1 saturated heterocycles. The zero-order valence-electron chi connectivity index (χ0n) is 13.8. The Labute approximate surface area is 141 Å². The number of carbonyl (C=O) groups excluding carboxylic acids is 1. The van der Waals surface area contributed by atoms with E-state index in [0.29, 0.717) is 6.42 Å². The van der Waals surface area contributed by atoms with Crippen molar-refractivity contribution in [1.82, 2.24) is 19.9 Å². The number of anilines is 1. The summed E-state index contributed by atoms with van der Waals surface area (Å²) in [5.74, 6) is 1.91. The van der Waals surface area contributed by atoms with Crippen LogP contribution in [0.1, 0.15) is 30.5 Å². The molecule has 124 valence electrons. The number of amides is 1. The molecule has 0 spiro atoms. The van der Waals surface area contributed by atoms with Crippen LogP contribution < -0.4 is 5.32 Å². The molecule has 0 aromatic carbocycles. The van der Waals surface area contributed by atoms with Crippen LogP contribution in [-0.4, -0.2) is 45.4 Å². The molecule has 3 heterocycles. The summed E-state index contributed by atoms with van der Waals surface area (Å²) in [7, 11) is 1.86. The van der Waals surface area contributed by atoms with Gasteiger partial charge < -0.3 is 10.2 Å². The number of carbonyl (C=O) groups is 1. The van der Waals surface area contributed by atoms with Crippen molar-refractivity contribution in [2.45, 2.75) is 38.1 Å². The van der Waals surface area contributed by atoms with Crippen molar-refractivity contribution in [3.63, 3.8) is 0 Å². The highest BCUT2D eigenvalue weighted by molar-refractivity contribution is 5.77. The summed E-state index contributed by atoms with van der Waals surface area (Å²) in [6, 6.07) is 4.12. The Morgan fingerprint density at radius 2 is 2.00 bits per heavy atom. The fraction of sp³-hybridized carbons (Fsp3) is 0.444. The highest BCUT2D eigenvalue weighted by atomic mass is 16.2. The maximum atomic E-state index is 11.7. The summed E-state index contributed by atoms with van der Waals surface area (Å²) in [6.45, 7) is 0.724. The van der Waals surface area contributed by atoms with Crippen molar-refractivity contribution in [3.8, 4) is 11.4 Å². The number of pyridine rings is 1. The quantitative estimate of drug-likeness (QED) is 0.936. The predicted molar refractivity (Wildman–Crippen MR) is 91.6 cm³/mol. The first-order chi connectivity index (χ1) is 11.7. The number of nitrogens with one attached hydrogen (secondary N) is 1. The van der Waals surface area contributed by atoms with Crippen LogP contribution in [0.15, 0.2) is 24.5 Å². The van der Waals surface area contributed by atoms with Crippen molar-refractivity contribution in [1.29, 1.82) is 0 Å². The Bertz CT molecular complexity index is 762. The molecule has 0 saturated carbocycles. The van der Waals surface area contributed by atoms with Gasteiger partial charge in [0.1, 0.15) is 5.82 Å². The van der Waals surface area contributed by atoms with Gasteiger partial charge in [-0.25, -0.2) is 9.97 Å². The van der Waals surface area contributed by atoms with Crippen LogP contribution >= 0.6 is 0 Å². The van der Waals surface area contributed by atoms with Crippen LogP contribution in [0.5, 0.6) is 0 Å². The number of hydrogen-bond donors (Lipinski definition) is 1. The zero-order chi connectivity index (χ0) is 16.5. The second-order valence-electron chi connectivity index (χ2n) is 6.56. The lowest BCUT2D eigenvalue weighted by atomic mass is 10.1. The average molecular weight is 323 g/mol. The van der Waals surface area contributed by atoms with Crippen molar-refractivity contribution in [2.24, 2.45) is 0 Å². The second-order valence-corrected chi connectivity index (χ2v) is 6.56. The number of aromatic nitrogens is 3. The number of nitrogens with zero attached hydrogens (tertiary/aromatic N) is 4. The molecule has 2 aromatic heterocycles. The number of likely N-dealkylation sites (tertiary alicyclic amines) is 1. The third-order valence-electron chi connectivity index (χ3n) is 4.84. The van der Waals surface area contributed by atoms with Crippen molar-refractivity contribution in [3.05, 3.63) is 35.8 Å². The molecule has 1 unspecified atom stereocenters. The Morgan fingerprint density at radius 3 is 2.79 bits per heavy atom. The Hall–Kier alpha value is -2.50. The van der Waals surface area contributed by atoms with Gasteiger partial charge in [0.05, 0.1) is 0 Å². The summed E-state index contributed by atoms with van der Waals surface area (Å²) in [4.78, 5) is 27.1. The van der Waals surface area contributed by atoms with Crippen LogP contribution in [0.4, 0.5) is 5.82 Å². The minimum atomic E-state index is 0.221. The van der Waals surface area contributed by atoms with Gasteiger partial charge in [-0.15, -0.1) is 0 Å². The molecule has 1 amide bonds. The smallest absolute Gasteiger partial charge is 0.222 e. The number of likely N-dealkylation sites (N-methyl/N-ethyl adjacent to an activating group) is 1. The highest BCUT2D eigenvalue weighted by Gasteiger charge is 2.26. The first kappa shape index (κ1) is 15.1. The van der Waals surface area contributed by atoms with Gasteiger partial charge in [0.15, 0.2) is 5.82 Å². The fourth-order valence-corrected chi connectivity index (χ4v) is 3.51. The van der Waals surface area contributed by atoms with E-state index in [1.54, 1.807) is 17.3 Å². The standard InChI is InChI=1S/C18H21N5O/c1-23-11-13(5-6-16(23)24)20-18-14-3-2-4-15(14)21-17(22-18)12-7-9-19-10-8-12/h7-10,13H,2-6,11H2,1H3,(H,20,21,22). The number of hydrogen-bond acceptors (Lipinski definition) is 5. The van der Waals surface area contributed by atoms with Gasteiger partial charge in [-0.1, -0.05) is 0 Å². The van der Waals surface area contributed by atoms with Crippen molar-refractivity contribution in [2.75, 3.05) is 18.9 Å². The van der Waals surface area contributed by atoms with Gasteiger partial charge >= 0.3 is 0 Å². The molecule has 6 nitrogen and oxygen atoms in total. The largest absolute Gasteiger partial charge is 0.365 e. The monoisotopic (exact) mass is 323 g/mol. The number of aryl methyl sites for hydroxylation is 1. The lowest BCUT2D eigenvalue weighted by Gasteiger charge is -2.31. The Balaban J connectivity index is 1.65. The zero-order valence-corrected chi connectivity index (χ0v) is 13.8. The van der Waals surface area contributed by atoms with E-state index >= 15 is 0 Å². The molecule has 1 N–H and O–H groups in total. The molecule has 6 heteroatoms. The van der Waals surface area contributed by atoms with Gasteiger partial charge in [0, 0.05) is 55.3 Å². The van der Waals surface area contributed by atoms with Gasteiger partial charge in [-0.05, 0) is 37.8 Å². The topological polar surface area (TPSA) is 71.0 Å². The van der Waals surface area contributed by atoms with Crippen LogP contribution in [0.2, 0.25) is 0 Å². The average Bonchev–Trinajstić information content (AvgIpc) is 3.08. The molecule has 1 atom stereocenters. The number of rotatable bonds is 3. The lowest BCUT2D eigenvalue weighted by Crippen LogP contribution is -2.43. The van der Waals surface area contributed by atoms with E-state index < -0.39 is 0 Å². The van der Waals surface area contributed by atoms with E-state index in [2.05, 4.69) is 10.3 Å². The molecule has 24 heavy (non-hydrogen) atoms. The molecule has 4 rings (SSSR count). The summed E-state index contributed by atoms with van der Waals surface area (Å²) in [5.41, 5.74) is 3.38.